The highest BCUT2D eigenvalue weighted by molar-refractivity contribution is 5.87. The zero-order valence-electron chi connectivity index (χ0n) is 14.0. The summed E-state index contributed by atoms with van der Waals surface area (Å²) in [5.74, 6) is -0.594. The lowest BCUT2D eigenvalue weighted by atomic mass is 10.0. The van der Waals surface area contributed by atoms with Crippen LogP contribution in [0.5, 0.6) is 0 Å². The molecule has 0 aliphatic rings. The first kappa shape index (κ1) is 17.0. The van der Waals surface area contributed by atoms with Crippen molar-refractivity contribution in [2.45, 2.75) is 46.1 Å². The normalized spacial score (nSPS) is 11.2. The second-order valence-corrected chi connectivity index (χ2v) is 6.42. The van der Waals surface area contributed by atoms with Crippen molar-refractivity contribution in [3.63, 3.8) is 0 Å². The Bertz CT molecular complexity index is 755. The van der Waals surface area contributed by atoms with Crippen molar-refractivity contribution < 1.29 is 9.90 Å². The Labute approximate surface area is 136 Å². The quantitative estimate of drug-likeness (QED) is 0.912. The SMILES string of the molecule is CC(C)c1ccc(Cn2c(C(C)C)ccc(C(=O)O)c2=O)cc1. The van der Waals surface area contributed by atoms with Crippen LogP contribution in [0.25, 0.3) is 0 Å². The average Bonchev–Trinajstić information content (AvgIpc) is 2.49. The first-order valence-corrected chi connectivity index (χ1v) is 7.87. The van der Waals surface area contributed by atoms with Gasteiger partial charge in [0.15, 0.2) is 0 Å². The van der Waals surface area contributed by atoms with Gasteiger partial charge in [-0.2, -0.15) is 0 Å². The van der Waals surface area contributed by atoms with Crippen molar-refractivity contribution in [2.24, 2.45) is 0 Å². The van der Waals surface area contributed by atoms with Crippen LogP contribution in [0, 0.1) is 0 Å². The molecule has 0 spiro atoms. The summed E-state index contributed by atoms with van der Waals surface area (Å²) in [5.41, 5.74) is 2.43. The van der Waals surface area contributed by atoms with Crippen LogP contribution in [0.3, 0.4) is 0 Å². The third kappa shape index (κ3) is 3.70. The van der Waals surface area contributed by atoms with Crippen LogP contribution in [-0.4, -0.2) is 15.6 Å². The minimum Gasteiger partial charge on any atom is -0.477 e. The van der Waals surface area contributed by atoms with Gasteiger partial charge >= 0.3 is 5.97 Å². The van der Waals surface area contributed by atoms with Crippen molar-refractivity contribution in [3.8, 4) is 0 Å². The van der Waals surface area contributed by atoms with Crippen molar-refractivity contribution in [3.05, 3.63) is 69.1 Å². The van der Waals surface area contributed by atoms with Gasteiger partial charge in [-0.1, -0.05) is 52.0 Å². The summed E-state index contributed by atoms with van der Waals surface area (Å²) in [6, 6.07) is 11.2. The molecule has 0 amide bonds. The van der Waals surface area contributed by atoms with E-state index in [1.54, 1.807) is 10.6 Å². The summed E-state index contributed by atoms with van der Waals surface area (Å²) in [4.78, 5) is 23.7. The van der Waals surface area contributed by atoms with Crippen molar-refractivity contribution >= 4 is 5.97 Å². The Morgan fingerprint density at radius 2 is 1.61 bits per heavy atom. The molecule has 122 valence electrons. The molecular weight excluding hydrogens is 290 g/mol. The van der Waals surface area contributed by atoms with Crippen LogP contribution in [0.15, 0.2) is 41.2 Å². The van der Waals surface area contributed by atoms with E-state index < -0.39 is 11.5 Å². The molecule has 0 unspecified atom stereocenters. The molecule has 0 aliphatic carbocycles. The number of carbonyl (C=O) groups is 1. The largest absolute Gasteiger partial charge is 0.477 e. The average molecular weight is 313 g/mol. The van der Waals surface area contributed by atoms with Gasteiger partial charge in [-0.3, -0.25) is 4.79 Å². The molecule has 0 atom stereocenters. The van der Waals surface area contributed by atoms with Crippen LogP contribution < -0.4 is 5.56 Å². The molecule has 4 nitrogen and oxygen atoms in total. The molecule has 0 bridgehead atoms. The summed E-state index contributed by atoms with van der Waals surface area (Å²) >= 11 is 0. The lowest BCUT2D eigenvalue weighted by Gasteiger charge is -2.17. The molecule has 23 heavy (non-hydrogen) atoms. The number of hydrogen-bond donors (Lipinski definition) is 1. The van der Waals surface area contributed by atoms with E-state index in [-0.39, 0.29) is 11.5 Å². The van der Waals surface area contributed by atoms with E-state index in [0.29, 0.717) is 12.5 Å². The van der Waals surface area contributed by atoms with Crippen LogP contribution in [0.4, 0.5) is 0 Å². The minimum absolute atomic E-state index is 0.139. The van der Waals surface area contributed by atoms with Gasteiger partial charge in [-0.05, 0) is 35.1 Å². The van der Waals surface area contributed by atoms with Crippen molar-refractivity contribution in [1.29, 1.82) is 0 Å². The van der Waals surface area contributed by atoms with Crippen molar-refractivity contribution in [2.75, 3.05) is 0 Å². The summed E-state index contributed by atoms with van der Waals surface area (Å²) in [5, 5.41) is 9.17. The van der Waals surface area contributed by atoms with Gasteiger partial charge in [0, 0.05) is 5.69 Å². The third-order valence-electron chi connectivity index (χ3n) is 4.02. The van der Waals surface area contributed by atoms with Crippen LogP contribution in [0.1, 0.15) is 66.7 Å². The summed E-state index contributed by atoms with van der Waals surface area (Å²) in [7, 11) is 0. The van der Waals surface area contributed by atoms with Gasteiger partial charge in [-0.25, -0.2) is 4.79 Å². The highest BCUT2D eigenvalue weighted by atomic mass is 16.4. The molecule has 2 rings (SSSR count). The Hall–Kier alpha value is -2.36. The van der Waals surface area contributed by atoms with Gasteiger partial charge in [0.05, 0.1) is 6.54 Å². The Kier molecular flexibility index (Phi) is 5.04. The summed E-state index contributed by atoms with van der Waals surface area (Å²) in [6.07, 6.45) is 0. The maximum Gasteiger partial charge on any atom is 0.341 e. The monoisotopic (exact) mass is 313 g/mol. The molecule has 1 aromatic carbocycles. The number of aromatic carboxylic acids is 1. The number of carboxylic acid groups (broad SMARTS) is 1. The number of rotatable bonds is 5. The number of carboxylic acids is 1. The van der Waals surface area contributed by atoms with Gasteiger partial charge in [0.1, 0.15) is 5.56 Å². The van der Waals surface area contributed by atoms with Crippen LogP contribution in [0.2, 0.25) is 0 Å². The molecular formula is C19H23NO3. The zero-order chi connectivity index (χ0) is 17.1. The van der Waals surface area contributed by atoms with E-state index in [0.717, 1.165) is 11.3 Å². The predicted octanol–water partition coefficient (Wildman–Crippen LogP) is 3.84. The Balaban J connectivity index is 2.46. The number of pyridine rings is 1. The fourth-order valence-electron chi connectivity index (χ4n) is 2.61. The van der Waals surface area contributed by atoms with E-state index in [2.05, 4.69) is 26.0 Å². The first-order chi connectivity index (χ1) is 10.8. The Morgan fingerprint density at radius 1 is 1.00 bits per heavy atom. The van der Waals surface area contributed by atoms with Gasteiger partial charge in [-0.15, -0.1) is 0 Å². The standard InChI is InChI=1S/C19H23NO3/c1-12(2)15-7-5-14(6-8-15)11-20-17(13(3)4)10-9-16(18(20)21)19(22)23/h5-10,12-13H,11H2,1-4H3,(H,22,23). The molecule has 0 fully saturated rings. The molecule has 1 aromatic heterocycles. The van der Waals surface area contributed by atoms with E-state index in [1.165, 1.54) is 11.6 Å². The molecule has 0 radical (unpaired) electrons. The van der Waals surface area contributed by atoms with E-state index in [1.807, 2.05) is 26.0 Å². The second-order valence-electron chi connectivity index (χ2n) is 6.42. The summed E-state index contributed by atoms with van der Waals surface area (Å²) < 4.78 is 1.57. The fourth-order valence-corrected chi connectivity index (χ4v) is 2.61. The lowest BCUT2D eigenvalue weighted by Crippen LogP contribution is -2.29. The highest BCUT2D eigenvalue weighted by Crippen LogP contribution is 2.17. The second kappa shape index (κ2) is 6.82. The molecule has 0 aliphatic heterocycles. The van der Waals surface area contributed by atoms with Crippen LogP contribution >= 0.6 is 0 Å². The maximum atomic E-state index is 12.5. The number of hydrogen-bond acceptors (Lipinski definition) is 2. The molecule has 1 N–H and O–H groups in total. The van der Waals surface area contributed by atoms with Gasteiger partial charge in [0.25, 0.3) is 5.56 Å². The molecule has 2 aromatic rings. The van der Waals surface area contributed by atoms with E-state index >= 15 is 0 Å². The van der Waals surface area contributed by atoms with Gasteiger partial charge in [0.2, 0.25) is 0 Å². The Morgan fingerprint density at radius 3 is 2.09 bits per heavy atom. The number of benzene rings is 1. The molecule has 4 heteroatoms. The third-order valence-corrected chi connectivity index (χ3v) is 4.02. The number of nitrogens with zero attached hydrogens (tertiary/aromatic N) is 1. The van der Waals surface area contributed by atoms with Crippen molar-refractivity contribution in [1.82, 2.24) is 4.57 Å². The van der Waals surface area contributed by atoms with Crippen LogP contribution in [-0.2, 0) is 6.54 Å². The predicted molar refractivity (Wildman–Crippen MR) is 91.4 cm³/mol. The summed E-state index contributed by atoms with van der Waals surface area (Å²) in [6.45, 7) is 8.63. The van der Waals surface area contributed by atoms with E-state index in [4.69, 9.17) is 5.11 Å². The number of aromatic nitrogens is 1. The molecule has 0 saturated heterocycles. The smallest absolute Gasteiger partial charge is 0.341 e. The minimum atomic E-state index is -1.19. The maximum absolute atomic E-state index is 12.5. The highest BCUT2D eigenvalue weighted by Gasteiger charge is 2.16. The van der Waals surface area contributed by atoms with E-state index in [9.17, 15) is 9.59 Å². The molecule has 0 saturated carbocycles. The first-order valence-electron chi connectivity index (χ1n) is 7.87. The topological polar surface area (TPSA) is 59.3 Å². The zero-order valence-corrected chi connectivity index (χ0v) is 14.0. The molecule has 1 heterocycles. The van der Waals surface area contributed by atoms with Gasteiger partial charge < -0.3 is 9.67 Å². The fraction of sp³-hybridized carbons (Fsp3) is 0.368. The lowest BCUT2D eigenvalue weighted by molar-refractivity contribution is 0.0694.